The van der Waals surface area contributed by atoms with Crippen molar-refractivity contribution in [3.63, 3.8) is 0 Å². The van der Waals surface area contributed by atoms with Gasteiger partial charge in [-0.1, -0.05) is 0 Å². The first-order valence-electron chi connectivity index (χ1n) is 3.55. The van der Waals surface area contributed by atoms with Crippen LogP contribution in [0.25, 0.3) is 0 Å². The quantitative estimate of drug-likeness (QED) is 0.487. The topological polar surface area (TPSA) is 39.8 Å². The third kappa shape index (κ3) is 1.18. The summed E-state index contributed by atoms with van der Waals surface area (Å²) >= 11 is 0. The monoisotopic (exact) mass is 152 g/mol. The van der Waals surface area contributed by atoms with Gasteiger partial charge in [-0.05, 0) is 6.92 Å². The van der Waals surface area contributed by atoms with Gasteiger partial charge in [0.15, 0.2) is 11.4 Å². The number of rotatable bonds is 0. The van der Waals surface area contributed by atoms with Gasteiger partial charge in [-0.2, -0.15) is 0 Å². The Balaban J connectivity index is 3.46. The van der Waals surface area contributed by atoms with Crippen molar-refractivity contribution in [2.75, 3.05) is 0 Å². The summed E-state index contributed by atoms with van der Waals surface area (Å²) in [4.78, 5) is 3.86. The number of aromatic nitrogens is 2. The van der Waals surface area contributed by atoms with Gasteiger partial charge in [0.1, 0.15) is 12.7 Å². The maximum atomic E-state index is 11.1. The van der Waals surface area contributed by atoms with Gasteiger partial charge < -0.3 is 5.11 Å². The highest BCUT2D eigenvalue weighted by Gasteiger charge is 2.09. The fraction of sp³-hybridized carbons (Fsp3) is 0.500. The van der Waals surface area contributed by atoms with Gasteiger partial charge in [0.2, 0.25) is 0 Å². The van der Waals surface area contributed by atoms with Gasteiger partial charge in [0, 0.05) is 13.8 Å². The average Bonchev–Trinajstić information content (AvgIpc) is 1.97. The van der Waals surface area contributed by atoms with Crippen molar-refractivity contribution in [2.24, 2.45) is 7.05 Å². The normalized spacial score (nSPS) is 10.2. The molecule has 3 nitrogen and oxygen atoms in total. The third-order valence-corrected chi connectivity index (χ3v) is 2.11. The average molecular weight is 152 g/mol. The molecule has 0 aliphatic carbocycles. The second kappa shape index (κ2) is 2.49. The minimum Gasteiger partial charge on any atom is -0.854 e. The molecule has 0 atom stereocenters. The summed E-state index contributed by atoms with van der Waals surface area (Å²) in [5, 5.41) is 11.1. The molecule has 1 rings (SSSR count). The van der Waals surface area contributed by atoms with Crippen molar-refractivity contribution in [1.82, 2.24) is 4.98 Å². The molecular weight excluding hydrogens is 140 g/mol. The van der Waals surface area contributed by atoms with E-state index < -0.39 is 0 Å². The van der Waals surface area contributed by atoms with Crippen LogP contribution in [-0.2, 0) is 7.05 Å². The van der Waals surface area contributed by atoms with Crippen LogP contribution in [0.5, 0.6) is 5.88 Å². The number of nitrogens with zero attached hydrogens (tertiary/aromatic N) is 2. The smallest absolute Gasteiger partial charge is 0.199 e. The van der Waals surface area contributed by atoms with Gasteiger partial charge in [-0.15, -0.1) is 0 Å². The molecule has 1 heterocycles. The second-order valence-corrected chi connectivity index (χ2v) is 2.73. The fourth-order valence-corrected chi connectivity index (χ4v) is 0.952. The van der Waals surface area contributed by atoms with E-state index in [-0.39, 0.29) is 5.88 Å². The Hall–Kier alpha value is -1.12. The zero-order chi connectivity index (χ0) is 8.59. The van der Waals surface area contributed by atoms with Crippen LogP contribution in [0.1, 0.15) is 17.1 Å². The lowest BCUT2D eigenvalue weighted by molar-refractivity contribution is -0.687. The minimum absolute atomic E-state index is 0.129. The molecule has 0 saturated carbocycles. The van der Waals surface area contributed by atoms with E-state index in [4.69, 9.17) is 0 Å². The largest absolute Gasteiger partial charge is 0.854 e. The van der Waals surface area contributed by atoms with E-state index >= 15 is 0 Å². The summed E-state index contributed by atoms with van der Waals surface area (Å²) in [6.07, 6.45) is 0. The van der Waals surface area contributed by atoms with Gasteiger partial charge in [0.05, 0.1) is 5.88 Å². The predicted octanol–water partition coefficient (Wildman–Crippen LogP) is -0.0950. The van der Waals surface area contributed by atoms with Gasteiger partial charge >= 0.3 is 0 Å². The molecule has 1 aromatic heterocycles. The van der Waals surface area contributed by atoms with E-state index in [1.54, 1.807) is 6.92 Å². The van der Waals surface area contributed by atoms with Crippen LogP contribution in [0, 0.1) is 20.8 Å². The molecule has 0 N–H and O–H groups in total. The second-order valence-electron chi connectivity index (χ2n) is 2.73. The highest BCUT2D eigenvalue weighted by molar-refractivity contribution is 5.13. The lowest BCUT2D eigenvalue weighted by Crippen LogP contribution is -2.38. The van der Waals surface area contributed by atoms with Crippen LogP contribution in [0.4, 0.5) is 0 Å². The lowest BCUT2D eigenvalue weighted by atomic mass is 10.3. The van der Waals surface area contributed by atoms with E-state index in [2.05, 4.69) is 4.98 Å². The molecule has 11 heavy (non-hydrogen) atoms. The van der Waals surface area contributed by atoms with Crippen LogP contribution in [0.3, 0.4) is 0 Å². The molecule has 0 radical (unpaired) electrons. The molecule has 1 aromatic rings. The van der Waals surface area contributed by atoms with Gasteiger partial charge in [0.25, 0.3) is 0 Å². The van der Waals surface area contributed by atoms with Crippen molar-refractivity contribution >= 4 is 0 Å². The number of aryl methyl sites for hydroxylation is 1. The van der Waals surface area contributed by atoms with Crippen LogP contribution >= 0.6 is 0 Å². The molecule has 0 aliphatic rings. The van der Waals surface area contributed by atoms with Crippen molar-refractivity contribution < 1.29 is 9.67 Å². The molecule has 0 fully saturated rings. The third-order valence-electron chi connectivity index (χ3n) is 2.11. The maximum absolute atomic E-state index is 11.1. The van der Waals surface area contributed by atoms with Crippen LogP contribution in [0.2, 0.25) is 0 Å². The van der Waals surface area contributed by atoms with E-state index in [0.29, 0.717) is 5.69 Å². The highest BCUT2D eigenvalue weighted by Crippen LogP contribution is 2.06. The maximum Gasteiger partial charge on any atom is 0.199 e. The molecule has 0 amide bonds. The zero-order valence-electron chi connectivity index (χ0n) is 7.30. The lowest BCUT2D eigenvalue weighted by Gasteiger charge is -2.09. The first kappa shape index (κ1) is 7.98. The molecule has 0 unspecified atom stereocenters. The first-order valence-corrected chi connectivity index (χ1v) is 3.55. The first-order chi connectivity index (χ1) is 5.04. The molecule has 60 valence electrons. The minimum atomic E-state index is -0.129. The van der Waals surface area contributed by atoms with Crippen LogP contribution in [-0.4, -0.2) is 4.98 Å². The van der Waals surface area contributed by atoms with Crippen molar-refractivity contribution in [3.05, 3.63) is 17.1 Å². The molecule has 0 spiro atoms. The number of hydrogen-bond acceptors (Lipinski definition) is 2. The molecular formula is C8H12N2O. The summed E-state index contributed by atoms with van der Waals surface area (Å²) in [6.45, 7) is 5.58. The Bertz CT molecular complexity index is 268. The summed E-state index contributed by atoms with van der Waals surface area (Å²) in [7, 11) is 1.88. The van der Waals surface area contributed by atoms with Crippen molar-refractivity contribution in [2.45, 2.75) is 20.8 Å². The highest BCUT2D eigenvalue weighted by atomic mass is 16.3. The summed E-state index contributed by atoms with van der Waals surface area (Å²) in [5.74, 6) is -0.129. The molecule has 0 aliphatic heterocycles. The van der Waals surface area contributed by atoms with E-state index in [1.807, 2.05) is 25.5 Å². The molecule has 3 heteroatoms. The fourth-order valence-electron chi connectivity index (χ4n) is 0.952. The van der Waals surface area contributed by atoms with Gasteiger partial charge in [-0.3, -0.25) is 4.98 Å². The van der Waals surface area contributed by atoms with Crippen molar-refractivity contribution in [3.8, 4) is 5.88 Å². The summed E-state index contributed by atoms with van der Waals surface area (Å²) in [6, 6.07) is 0. The van der Waals surface area contributed by atoms with E-state index in [9.17, 15) is 5.11 Å². The van der Waals surface area contributed by atoms with E-state index in [1.165, 1.54) is 0 Å². The molecule has 0 saturated heterocycles. The van der Waals surface area contributed by atoms with Crippen molar-refractivity contribution in [1.29, 1.82) is 0 Å². The Morgan fingerprint density at radius 1 is 1.18 bits per heavy atom. The summed E-state index contributed by atoms with van der Waals surface area (Å²) in [5.41, 5.74) is 2.54. The molecule has 0 aromatic carbocycles. The van der Waals surface area contributed by atoms with E-state index in [0.717, 1.165) is 11.4 Å². The molecule has 0 bridgehead atoms. The standard InChI is InChI=1S/C8H12N2O/c1-5-6(2)10(4)7(3)8(11)9-5/h1-4H3. The van der Waals surface area contributed by atoms with Crippen LogP contribution in [0.15, 0.2) is 0 Å². The van der Waals surface area contributed by atoms with Gasteiger partial charge in [-0.25, -0.2) is 4.57 Å². The summed E-state index contributed by atoms with van der Waals surface area (Å²) < 4.78 is 1.87. The van der Waals surface area contributed by atoms with Crippen LogP contribution < -0.4 is 9.67 Å². The SMILES string of the molecule is Cc1nc([O-])c(C)[n+](C)c1C. The number of hydrogen-bond donors (Lipinski definition) is 0. The Labute approximate surface area is 66.3 Å². The zero-order valence-corrected chi connectivity index (χ0v) is 7.30. The Morgan fingerprint density at radius 3 is 2.27 bits per heavy atom. The Kier molecular flexibility index (Phi) is 1.81. The predicted molar refractivity (Wildman–Crippen MR) is 39.1 cm³/mol. The Morgan fingerprint density at radius 2 is 1.73 bits per heavy atom.